The molecule has 176 valence electrons. The Balaban J connectivity index is 1.57. The smallest absolute Gasteiger partial charge is 0.227 e. The van der Waals surface area contributed by atoms with Gasteiger partial charge in [0.25, 0.3) is 0 Å². The molecule has 1 amide bonds. The molecule has 2 aliphatic rings. The Morgan fingerprint density at radius 1 is 1.29 bits per heavy atom. The van der Waals surface area contributed by atoms with Crippen molar-refractivity contribution in [2.45, 2.75) is 25.8 Å². The van der Waals surface area contributed by atoms with Gasteiger partial charge in [0.2, 0.25) is 5.91 Å². The molecule has 1 aliphatic carbocycles. The molecule has 1 saturated carbocycles. The fourth-order valence-corrected chi connectivity index (χ4v) is 4.07. The summed E-state index contributed by atoms with van der Waals surface area (Å²) in [5, 5.41) is 20.8. The molecule has 1 aromatic carbocycles. The number of ether oxygens (including phenoxy) is 1. The first kappa shape index (κ1) is 22.0. The van der Waals surface area contributed by atoms with Gasteiger partial charge in [-0.05, 0) is 44.0 Å². The Bertz CT molecular complexity index is 1210. The van der Waals surface area contributed by atoms with Crippen LogP contribution in [0, 0.1) is 17.1 Å². The van der Waals surface area contributed by atoms with Crippen molar-refractivity contribution in [1.82, 2.24) is 15.2 Å². The lowest BCUT2D eigenvalue weighted by Gasteiger charge is -2.35. The third kappa shape index (κ3) is 4.49. The van der Waals surface area contributed by atoms with Gasteiger partial charge in [-0.15, -0.1) is 0 Å². The molecule has 2 aromatic heterocycles. The summed E-state index contributed by atoms with van der Waals surface area (Å²) in [5.74, 6) is 1.14. The molecule has 2 fully saturated rings. The number of H-pyrrole nitrogens is 1. The van der Waals surface area contributed by atoms with Crippen LogP contribution in [-0.2, 0) is 9.53 Å². The molecule has 0 unspecified atom stereocenters. The predicted octanol–water partition coefficient (Wildman–Crippen LogP) is 3.93. The zero-order valence-corrected chi connectivity index (χ0v) is 18.8. The van der Waals surface area contributed by atoms with Gasteiger partial charge in [0, 0.05) is 47.1 Å². The van der Waals surface area contributed by atoms with E-state index in [9.17, 15) is 4.79 Å². The fraction of sp³-hybridized carbons (Fsp3) is 0.333. The second-order valence-corrected chi connectivity index (χ2v) is 8.61. The third-order valence-electron chi connectivity index (χ3n) is 6.08. The molecule has 4 N–H and O–H groups in total. The van der Waals surface area contributed by atoms with E-state index in [1.165, 1.54) is 6.07 Å². The Morgan fingerprint density at radius 3 is 2.82 bits per heavy atom. The van der Waals surface area contributed by atoms with Crippen LogP contribution in [0.1, 0.15) is 25.3 Å². The van der Waals surface area contributed by atoms with E-state index in [0.29, 0.717) is 59.6 Å². The van der Waals surface area contributed by atoms with E-state index in [1.54, 1.807) is 30.5 Å². The highest BCUT2D eigenvalue weighted by Crippen LogP contribution is 2.36. The zero-order valence-electron chi connectivity index (χ0n) is 18.8. The molecule has 10 heteroatoms. The summed E-state index contributed by atoms with van der Waals surface area (Å²) in [5.41, 5.74) is 1.70. The summed E-state index contributed by atoms with van der Waals surface area (Å²) < 4.78 is 20.9. The lowest BCUT2D eigenvalue weighted by atomic mass is 9.99. The second-order valence-electron chi connectivity index (χ2n) is 8.61. The summed E-state index contributed by atoms with van der Waals surface area (Å²) in [7, 11) is 0. The Labute approximate surface area is 196 Å². The summed E-state index contributed by atoms with van der Waals surface area (Å²) >= 11 is 0. The fourth-order valence-electron chi connectivity index (χ4n) is 4.07. The highest BCUT2D eigenvalue weighted by Gasteiger charge is 2.30. The van der Waals surface area contributed by atoms with E-state index >= 15 is 4.39 Å². The number of halogens is 1. The molecule has 3 aromatic rings. The number of aromatic amines is 1. The minimum Gasteiger partial charge on any atom is -0.377 e. The van der Waals surface area contributed by atoms with E-state index in [1.807, 2.05) is 6.92 Å². The molecule has 1 aliphatic heterocycles. The number of aromatic nitrogens is 3. The molecule has 1 saturated heterocycles. The van der Waals surface area contributed by atoms with Crippen molar-refractivity contribution in [3.8, 4) is 11.1 Å². The molecular weight excluding hydrogens is 437 g/mol. The van der Waals surface area contributed by atoms with Gasteiger partial charge in [-0.2, -0.15) is 5.10 Å². The van der Waals surface area contributed by atoms with Crippen LogP contribution in [-0.4, -0.2) is 53.1 Å². The molecule has 9 nitrogen and oxygen atoms in total. The molecule has 3 heterocycles. The van der Waals surface area contributed by atoms with Crippen molar-refractivity contribution < 1.29 is 13.9 Å². The highest BCUT2D eigenvalue weighted by molar-refractivity contribution is 5.97. The molecule has 0 spiro atoms. The van der Waals surface area contributed by atoms with E-state index in [4.69, 9.17) is 15.1 Å². The van der Waals surface area contributed by atoms with Crippen molar-refractivity contribution in [2.75, 3.05) is 35.3 Å². The van der Waals surface area contributed by atoms with Gasteiger partial charge in [-0.3, -0.25) is 9.89 Å². The Hall–Kier alpha value is -3.79. The number of morpholine rings is 1. The van der Waals surface area contributed by atoms with Crippen LogP contribution in [0.5, 0.6) is 0 Å². The number of anilines is 4. The van der Waals surface area contributed by atoms with Gasteiger partial charge in [0.15, 0.2) is 0 Å². The number of hydrogen-bond acceptors (Lipinski definition) is 7. The number of hydrogen-bond donors (Lipinski definition) is 4. The third-order valence-corrected chi connectivity index (χ3v) is 6.08. The first-order chi connectivity index (χ1) is 16.5. The van der Waals surface area contributed by atoms with Crippen molar-refractivity contribution >= 4 is 35.3 Å². The van der Waals surface area contributed by atoms with Crippen LogP contribution in [0.3, 0.4) is 0 Å². The highest BCUT2D eigenvalue weighted by atomic mass is 19.1. The molecule has 0 bridgehead atoms. The summed E-state index contributed by atoms with van der Waals surface area (Å²) in [6, 6.07) is 8.28. The topological polar surface area (TPSA) is 119 Å². The quantitative estimate of drug-likeness (QED) is 0.394. The molecule has 0 radical (unpaired) electrons. The number of carbonyl (C=O) groups excluding carboxylic acids is 1. The van der Waals surface area contributed by atoms with Crippen LogP contribution in [0.2, 0.25) is 0 Å². The number of rotatable bonds is 7. The normalized spacial score (nSPS) is 17.9. The first-order valence-electron chi connectivity index (χ1n) is 11.3. The molecule has 34 heavy (non-hydrogen) atoms. The maximum atomic E-state index is 15.4. The maximum absolute atomic E-state index is 15.4. The van der Waals surface area contributed by atoms with Crippen molar-refractivity contribution in [3.05, 3.63) is 47.9 Å². The number of benzene rings is 1. The van der Waals surface area contributed by atoms with Crippen LogP contribution < -0.4 is 15.5 Å². The lowest BCUT2D eigenvalue weighted by Crippen LogP contribution is -2.44. The summed E-state index contributed by atoms with van der Waals surface area (Å²) in [4.78, 5) is 19.0. The number of pyridine rings is 1. The van der Waals surface area contributed by atoms with Gasteiger partial charge in [0.1, 0.15) is 23.3 Å². The van der Waals surface area contributed by atoms with Gasteiger partial charge in [-0.25, -0.2) is 9.37 Å². The standard InChI is InChI=1S/C24H26FN7O2/c1-14-13-34-9-8-32(14)22-11-18(19(12-26)23(30-22)29-21-6-7-27-31-21)17-5-4-16(10-20(17)25)28-24(33)15-2-3-15/h4-7,10-12,14-15,26H,2-3,8-9,13H2,1H3,(H,28,33)(H2,27,29,30,31)/t14-/m1/s1. The van der Waals surface area contributed by atoms with Gasteiger partial charge in [-0.1, -0.05) is 0 Å². The van der Waals surface area contributed by atoms with E-state index in [-0.39, 0.29) is 17.9 Å². The van der Waals surface area contributed by atoms with E-state index in [0.717, 1.165) is 19.1 Å². The molecule has 5 rings (SSSR count). The predicted molar refractivity (Wildman–Crippen MR) is 128 cm³/mol. The minimum atomic E-state index is -0.489. The minimum absolute atomic E-state index is 0.0293. The second kappa shape index (κ2) is 9.22. The maximum Gasteiger partial charge on any atom is 0.227 e. The van der Waals surface area contributed by atoms with E-state index in [2.05, 4.69) is 25.7 Å². The van der Waals surface area contributed by atoms with Crippen LogP contribution in [0.4, 0.5) is 27.5 Å². The SMILES string of the molecule is C[C@@H]1COCCN1c1cc(-c2ccc(NC(=O)C3CC3)cc2F)c(C=N)c(Nc2ccn[nH]2)n1. The first-order valence-corrected chi connectivity index (χ1v) is 11.3. The number of nitrogens with one attached hydrogen (secondary N) is 4. The van der Waals surface area contributed by atoms with Gasteiger partial charge in [0.05, 0.1) is 25.5 Å². The van der Waals surface area contributed by atoms with Crippen molar-refractivity contribution in [3.63, 3.8) is 0 Å². The monoisotopic (exact) mass is 463 g/mol. The van der Waals surface area contributed by atoms with Crippen molar-refractivity contribution in [2.24, 2.45) is 5.92 Å². The number of nitrogens with zero attached hydrogens (tertiary/aromatic N) is 3. The summed E-state index contributed by atoms with van der Waals surface area (Å²) in [6.07, 6.45) is 4.52. The van der Waals surface area contributed by atoms with Gasteiger partial charge >= 0.3 is 0 Å². The van der Waals surface area contributed by atoms with Crippen LogP contribution in [0.15, 0.2) is 36.5 Å². The zero-order chi connectivity index (χ0) is 23.7. The summed E-state index contributed by atoms with van der Waals surface area (Å²) in [6.45, 7) is 3.83. The Morgan fingerprint density at radius 2 is 2.15 bits per heavy atom. The average molecular weight is 464 g/mol. The average Bonchev–Trinajstić information content (AvgIpc) is 3.56. The van der Waals surface area contributed by atoms with Gasteiger partial charge < -0.3 is 25.7 Å². The largest absolute Gasteiger partial charge is 0.377 e. The van der Waals surface area contributed by atoms with E-state index < -0.39 is 5.82 Å². The van der Waals surface area contributed by atoms with Crippen molar-refractivity contribution in [1.29, 1.82) is 5.41 Å². The lowest BCUT2D eigenvalue weighted by molar-refractivity contribution is -0.117. The molecule has 1 atom stereocenters. The van der Waals surface area contributed by atoms with Crippen LogP contribution in [0.25, 0.3) is 11.1 Å². The number of amides is 1. The number of carbonyl (C=O) groups is 1. The Kier molecular flexibility index (Phi) is 5.97. The molecular formula is C24H26FN7O2. The van der Waals surface area contributed by atoms with Crippen LogP contribution >= 0.6 is 0 Å².